The zero-order valence-corrected chi connectivity index (χ0v) is 16.5. The molecule has 0 spiro atoms. The zero-order chi connectivity index (χ0) is 19.8. The lowest BCUT2D eigenvalue weighted by Crippen LogP contribution is -2.32. The molecule has 1 aliphatic carbocycles. The highest BCUT2D eigenvalue weighted by Gasteiger charge is 2.24. The van der Waals surface area contributed by atoms with Gasteiger partial charge in [-0.2, -0.15) is 0 Å². The minimum absolute atomic E-state index is 0.127. The maximum Gasteiger partial charge on any atom is 0.253 e. The third-order valence-corrected chi connectivity index (χ3v) is 4.87. The number of nitrogens with one attached hydrogen (secondary N) is 1. The summed E-state index contributed by atoms with van der Waals surface area (Å²) in [5.41, 5.74) is 1.61. The first-order valence-corrected chi connectivity index (χ1v) is 9.85. The first-order valence-electron chi connectivity index (χ1n) is 9.85. The predicted octanol–water partition coefficient (Wildman–Crippen LogP) is 4.35. The number of benzene rings is 1. The monoisotopic (exact) mass is 384 g/mol. The lowest BCUT2D eigenvalue weighted by molar-refractivity contribution is -0.131. The fraction of sp³-hybridized carbons (Fsp3) is 0.455. The second kappa shape index (κ2) is 10.1. The molecule has 1 unspecified atom stereocenters. The molecule has 150 valence electrons. The predicted molar refractivity (Wildman–Crippen MR) is 108 cm³/mol. The second-order valence-corrected chi connectivity index (χ2v) is 6.94. The first-order chi connectivity index (χ1) is 13.7. The van der Waals surface area contributed by atoms with Crippen molar-refractivity contribution in [3.8, 4) is 11.5 Å². The molecule has 1 aromatic carbocycles. The van der Waals surface area contributed by atoms with Crippen molar-refractivity contribution in [2.75, 3.05) is 12.4 Å². The number of nitrogens with zero attached hydrogens (tertiary/aromatic N) is 1. The fourth-order valence-electron chi connectivity index (χ4n) is 3.33. The highest BCUT2D eigenvalue weighted by atomic mass is 16.5. The van der Waals surface area contributed by atoms with Crippen LogP contribution in [0.4, 0.5) is 5.69 Å². The summed E-state index contributed by atoms with van der Waals surface area (Å²) in [6, 6.07) is 9.16. The minimum atomic E-state index is -0.440. The first kappa shape index (κ1) is 20.1. The summed E-state index contributed by atoms with van der Waals surface area (Å²) in [6.07, 6.45) is 8.31. The fourth-order valence-corrected chi connectivity index (χ4v) is 3.33. The maximum absolute atomic E-state index is 12.7. The van der Waals surface area contributed by atoms with Crippen LogP contribution in [-0.2, 0) is 16.1 Å². The summed E-state index contributed by atoms with van der Waals surface area (Å²) in [4.78, 5) is 16.7. The molecular formula is C22H28N2O4. The van der Waals surface area contributed by atoms with E-state index in [-0.39, 0.29) is 12.0 Å². The van der Waals surface area contributed by atoms with Gasteiger partial charge < -0.3 is 19.5 Å². The summed E-state index contributed by atoms with van der Waals surface area (Å²) >= 11 is 0. The third kappa shape index (κ3) is 5.45. The Hall–Kier alpha value is -2.60. The molecule has 0 radical (unpaired) electrons. The molecule has 1 aliphatic rings. The Morgan fingerprint density at radius 2 is 2.07 bits per heavy atom. The summed E-state index contributed by atoms with van der Waals surface area (Å²) in [5, 5.41) is 2.94. The van der Waals surface area contributed by atoms with E-state index in [1.807, 2.05) is 19.1 Å². The average molecular weight is 384 g/mol. The molecule has 1 saturated carbocycles. The molecule has 1 fully saturated rings. The molecule has 0 saturated heterocycles. The molecule has 28 heavy (non-hydrogen) atoms. The third-order valence-electron chi connectivity index (χ3n) is 4.87. The quantitative estimate of drug-likeness (QED) is 0.696. The second-order valence-electron chi connectivity index (χ2n) is 6.94. The number of rotatable bonds is 9. The Morgan fingerprint density at radius 3 is 2.75 bits per heavy atom. The molecule has 6 nitrogen and oxygen atoms in total. The molecule has 1 atom stereocenters. The Kier molecular flexibility index (Phi) is 7.25. The zero-order valence-electron chi connectivity index (χ0n) is 16.5. The summed E-state index contributed by atoms with van der Waals surface area (Å²) in [6.45, 7) is 2.33. The van der Waals surface area contributed by atoms with Crippen LogP contribution in [0.15, 0.2) is 42.7 Å². The molecule has 1 heterocycles. The van der Waals surface area contributed by atoms with Gasteiger partial charge in [-0.1, -0.05) is 25.8 Å². The van der Waals surface area contributed by atoms with Gasteiger partial charge in [-0.05, 0) is 37.5 Å². The standard InChI is InChI=1S/C22H28N2O4/c1-3-19(28-18-8-4-5-9-18)22(25)24-17-10-11-20(26-2)21(13-17)27-15-16-7-6-12-23-14-16/h6-7,10-14,18-19H,3-5,8-9,15H2,1-2H3,(H,24,25). The molecule has 1 N–H and O–H groups in total. The van der Waals surface area contributed by atoms with E-state index in [1.54, 1.807) is 37.7 Å². The number of ether oxygens (including phenoxy) is 3. The van der Waals surface area contributed by atoms with Gasteiger partial charge in [0.1, 0.15) is 12.7 Å². The average Bonchev–Trinajstić information content (AvgIpc) is 3.24. The van der Waals surface area contributed by atoms with Crippen LogP contribution in [0.1, 0.15) is 44.6 Å². The van der Waals surface area contributed by atoms with Gasteiger partial charge in [0.25, 0.3) is 5.91 Å². The summed E-state index contributed by atoms with van der Waals surface area (Å²) in [5.74, 6) is 1.04. The normalized spacial score (nSPS) is 15.2. The number of carbonyl (C=O) groups excluding carboxylic acids is 1. The van der Waals surface area contributed by atoms with Crippen molar-refractivity contribution in [2.24, 2.45) is 0 Å². The summed E-state index contributed by atoms with van der Waals surface area (Å²) in [7, 11) is 1.59. The molecule has 0 bridgehead atoms. The number of carbonyl (C=O) groups is 1. The van der Waals surface area contributed by atoms with Crippen molar-refractivity contribution in [3.05, 3.63) is 48.3 Å². The van der Waals surface area contributed by atoms with Crippen LogP contribution in [-0.4, -0.2) is 30.2 Å². The van der Waals surface area contributed by atoms with Crippen LogP contribution in [0.5, 0.6) is 11.5 Å². The van der Waals surface area contributed by atoms with Crippen LogP contribution >= 0.6 is 0 Å². The molecular weight excluding hydrogens is 356 g/mol. The van der Waals surface area contributed by atoms with Gasteiger partial charge in [-0.15, -0.1) is 0 Å². The lowest BCUT2D eigenvalue weighted by Gasteiger charge is -2.20. The Balaban J connectivity index is 1.64. The molecule has 0 aliphatic heterocycles. The molecule has 1 amide bonds. The van der Waals surface area contributed by atoms with Crippen molar-refractivity contribution in [1.29, 1.82) is 0 Å². The summed E-state index contributed by atoms with van der Waals surface area (Å²) < 4.78 is 17.3. The van der Waals surface area contributed by atoms with Gasteiger partial charge in [0, 0.05) is 29.7 Å². The van der Waals surface area contributed by atoms with Crippen LogP contribution < -0.4 is 14.8 Å². The molecule has 3 rings (SSSR count). The van der Waals surface area contributed by atoms with E-state index < -0.39 is 6.10 Å². The van der Waals surface area contributed by atoms with E-state index in [1.165, 1.54) is 12.8 Å². The maximum atomic E-state index is 12.7. The van der Waals surface area contributed by atoms with Gasteiger partial charge in [-0.25, -0.2) is 0 Å². The van der Waals surface area contributed by atoms with Crippen molar-refractivity contribution in [1.82, 2.24) is 4.98 Å². The number of methoxy groups -OCH3 is 1. The van der Waals surface area contributed by atoms with Crippen LogP contribution in [0.2, 0.25) is 0 Å². The largest absolute Gasteiger partial charge is 0.493 e. The number of hydrogen-bond acceptors (Lipinski definition) is 5. The van der Waals surface area contributed by atoms with Crippen LogP contribution in [0.3, 0.4) is 0 Å². The Morgan fingerprint density at radius 1 is 1.25 bits per heavy atom. The minimum Gasteiger partial charge on any atom is -0.493 e. The highest BCUT2D eigenvalue weighted by molar-refractivity contribution is 5.94. The number of anilines is 1. The van der Waals surface area contributed by atoms with Gasteiger partial charge in [-0.3, -0.25) is 9.78 Å². The Bertz CT molecular complexity index is 760. The smallest absolute Gasteiger partial charge is 0.253 e. The number of aromatic nitrogens is 1. The topological polar surface area (TPSA) is 69.7 Å². The van der Waals surface area contributed by atoms with Gasteiger partial charge >= 0.3 is 0 Å². The lowest BCUT2D eigenvalue weighted by atomic mass is 10.2. The van der Waals surface area contributed by atoms with E-state index in [0.29, 0.717) is 30.2 Å². The van der Waals surface area contributed by atoms with E-state index in [2.05, 4.69) is 10.3 Å². The number of amides is 1. The van der Waals surface area contributed by atoms with Gasteiger partial charge in [0.2, 0.25) is 0 Å². The van der Waals surface area contributed by atoms with E-state index in [9.17, 15) is 4.79 Å². The SMILES string of the molecule is CCC(OC1CCCC1)C(=O)Nc1ccc(OC)c(OCc2cccnc2)c1. The van der Waals surface area contributed by atoms with Crippen molar-refractivity contribution in [3.63, 3.8) is 0 Å². The number of pyridine rings is 1. The van der Waals surface area contributed by atoms with Crippen molar-refractivity contribution >= 4 is 11.6 Å². The molecule has 6 heteroatoms. The Labute approximate surface area is 166 Å². The van der Waals surface area contributed by atoms with Crippen LogP contribution in [0.25, 0.3) is 0 Å². The highest BCUT2D eigenvalue weighted by Crippen LogP contribution is 2.31. The van der Waals surface area contributed by atoms with Crippen molar-refractivity contribution < 1.29 is 19.0 Å². The van der Waals surface area contributed by atoms with Gasteiger partial charge in [0.15, 0.2) is 11.5 Å². The van der Waals surface area contributed by atoms with E-state index in [0.717, 1.165) is 18.4 Å². The number of hydrogen-bond donors (Lipinski definition) is 1. The van der Waals surface area contributed by atoms with E-state index in [4.69, 9.17) is 14.2 Å². The van der Waals surface area contributed by atoms with E-state index >= 15 is 0 Å². The van der Waals surface area contributed by atoms with Crippen molar-refractivity contribution in [2.45, 2.75) is 57.8 Å². The molecule has 2 aromatic rings. The van der Waals surface area contributed by atoms with Crippen LogP contribution in [0, 0.1) is 0 Å². The molecule has 1 aromatic heterocycles. The van der Waals surface area contributed by atoms with Gasteiger partial charge in [0.05, 0.1) is 13.2 Å².